The van der Waals surface area contributed by atoms with Gasteiger partial charge in [-0.1, -0.05) is 0 Å². The zero-order valence-corrected chi connectivity index (χ0v) is 10.5. The highest BCUT2D eigenvalue weighted by molar-refractivity contribution is 6.00. The van der Waals surface area contributed by atoms with Crippen LogP contribution in [0.5, 0.6) is 11.5 Å². The molecule has 1 aliphatic heterocycles. The van der Waals surface area contributed by atoms with Crippen LogP contribution < -0.4 is 0 Å². The van der Waals surface area contributed by atoms with E-state index < -0.39 is 0 Å². The van der Waals surface area contributed by atoms with E-state index in [0.717, 1.165) is 26.2 Å². The van der Waals surface area contributed by atoms with Crippen LogP contribution in [0.15, 0.2) is 18.2 Å². The maximum absolute atomic E-state index is 12.0. The number of nitrogens with zero attached hydrogens (tertiary/aromatic N) is 2. The quantitative estimate of drug-likeness (QED) is 0.605. The molecular weight excluding hydrogens is 232 g/mol. The fourth-order valence-corrected chi connectivity index (χ4v) is 2.04. The van der Waals surface area contributed by atoms with Crippen molar-refractivity contribution in [2.24, 2.45) is 0 Å². The second-order valence-electron chi connectivity index (χ2n) is 4.70. The standard InChI is InChI=1S/C13H18N2O3/c1-14-4-6-15(7-5-14)9-13(18)11-8-10(16)2-3-12(11)17/h2-3,8,16-17H,4-7,9H2,1H3. The minimum Gasteiger partial charge on any atom is -0.508 e. The normalized spacial score (nSPS) is 17.8. The second kappa shape index (κ2) is 5.37. The van der Waals surface area contributed by atoms with Crippen molar-refractivity contribution in [2.75, 3.05) is 39.8 Å². The van der Waals surface area contributed by atoms with Gasteiger partial charge in [-0.05, 0) is 25.2 Å². The van der Waals surface area contributed by atoms with Crippen LogP contribution in [0.2, 0.25) is 0 Å². The molecule has 1 heterocycles. The molecule has 2 N–H and O–H groups in total. The second-order valence-corrected chi connectivity index (χ2v) is 4.70. The van der Waals surface area contributed by atoms with Crippen molar-refractivity contribution in [3.8, 4) is 11.5 Å². The van der Waals surface area contributed by atoms with Crippen LogP contribution in [-0.2, 0) is 0 Å². The van der Waals surface area contributed by atoms with E-state index in [1.807, 2.05) is 0 Å². The van der Waals surface area contributed by atoms with Gasteiger partial charge in [0.1, 0.15) is 11.5 Å². The summed E-state index contributed by atoms with van der Waals surface area (Å²) < 4.78 is 0. The summed E-state index contributed by atoms with van der Waals surface area (Å²) in [5.41, 5.74) is 0.189. The molecule has 5 nitrogen and oxygen atoms in total. The molecule has 1 aromatic rings. The number of piperazine rings is 1. The number of aromatic hydroxyl groups is 2. The third-order valence-electron chi connectivity index (χ3n) is 3.24. The van der Waals surface area contributed by atoms with Gasteiger partial charge in [0.05, 0.1) is 12.1 Å². The van der Waals surface area contributed by atoms with Gasteiger partial charge < -0.3 is 15.1 Å². The Balaban J connectivity index is 2.01. The van der Waals surface area contributed by atoms with Crippen LogP contribution in [0.1, 0.15) is 10.4 Å². The highest BCUT2D eigenvalue weighted by Crippen LogP contribution is 2.22. The molecule has 0 amide bonds. The molecule has 2 rings (SSSR count). The molecule has 1 aliphatic rings. The number of hydrogen-bond donors (Lipinski definition) is 2. The average molecular weight is 250 g/mol. The molecule has 98 valence electrons. The summed E-state index contributed by atoms with van der Waals surface area (Å²) in [5.74, 6) is -0.241. The summed E-state index contributed by atoms with van der Waals surface area (Å²) in [4.78, 5) is 16.3. The van der Waals surface area contributed by atoms with Gasteiger partial charge in [0.25, 0.3) is 0 Å². The molecule has 0 spiro atoms. The van der Waals surface area contributed by atoms with Gasteiger partial charge >= 0.3 is 0 Å². The molecule has 0 radical (unpaired) electrons. The van der Waals surface area contributed by atoms with Crippen molar-refractivity contribution in [3.63, 3.8) is 0 Å². The molecule has 5 heteroatoms. The highest BCUT2D eigenvalue weighted by Gasteiger charge is 2.19. The lowest BCUT2D eigenvalue weighted by Gasteiger charge is -2.31. The Morgan fingerprint density at radius 2 is 1.89 bits per heavy atom. The van der Waals surface area contributed by atoms with E-state index in [0.29, 0.717) is 0 Å². The number of rotatable bonds is 3. The zero-order chi connectivity index (χ0) is 13.1. The van der Waals surface area contributed by atoms with Crippen LogP contribution in [0.4, 0.5) is 0 Å². The van der Waals surface area contributed by atoms with Crippen LogP contribution in [-0.4, -0.2) is 65.6 Å². The molecule has 0 atom stereocenters. The van der Waals surface area contributed by atoms with Crippen molar-refractivity contribution in [1.82, 2.24) is 9.80 Å². The molecule has 1 aromatic carbocycles. The molecule has 0 saturated carbocycles. The third-order valence-corrected chi connectivity index (χ3v) is 3.24. The minimum absolute atomic E-state index is 0.00507. The first kappa shape index (κ1) is 12.9. The maximum atomic E-state index is 12.0. The van der Waals surface area contributed by atoms with Crippen molar-refractivity contribution in [3.05, 3.63) is 23.8 Å². The number of phenols is 2. The summed E-state index contributed by atoms with van der Waals surface area (Å²) in [5, 5.41) is 19.0. The number of likely N-dealkylation sites (N-methyl/N-ethyl adjacent to an activating group) is 1. The van der Waals surface area contributed by atoms with Gasteiger partial charge in [0.15, 0.2) is 5.78 Å². The molecule has 0 bridgehead atoms. The fourth-order valence-electron chi connectivity index (χ4n) is 2.04. The first-order chi connectivity index (χ1) is 8.56. The predicted octanol–water partition coefficient (Wildman–Crippen LogP) is 0.528. The monoisotopic (exact) mass is 250 g/mol. The Morgan fingerprint density at radius 1 is 1.22 bits per heavy atom. The average Bonchev–Trinajstić information content (AvgIpc) is 2.35. The van der Waals surface area contributed by atoms with Crippen LogP contribution >= 0.6 is 0 Å². The van der Waals surface area contributed by atoms with Gasteiger partial charge in [-0.3, -0.25) is 9.69 Å². The molecular formula is C13H18N2O3. The van der Waals surface area contributed by atoms with E-state index in [2.05, 4.69) is 16.8 Å². The Bertz CT molecular complexity index is 440. The van der Waals surface area contributed by atoms with Gasteiger partial charge in [0, 0.05) is 26.2 Å². The van der Waals surface area contributed by atoms with E-state index in [1.165, 1.54) is 18.2 Å². The third kappa shape index (κ3) is 3.00. The van der Waals surface area contributed by atoms with Gasteiger partial charge in [-0.25, -0.2) is 0 Å². The Labute approximate surface area is 106 Å². The first-order valence-corrected chi connectivity index (χ1v) is 6.02. The topological polar surface area (TPSA) is 64.0 Å². The lowest BCUT2D eigenvalue weighted by molar-refractivity contribution is 0.0873. The van der Waals surface area contributed by atoms with E-state index >= 15 is 0 Å². The zero-order valence-electron chi connectivity index (χ0n) is 10.5. The SMILES string of the molecule is CN1CCN(CC(=O)c2cc(O)ccc2O)CC1. The summed E-state index contributed by atoms with van der Waals surface area (Å²) in [6.07, 6.45) is 0. The van der Waals surface area contributed by atoms with E-state index in [4.69, 9.17) is 0 Å². The Morgan fingerprint density at radius 3 is 2.56 bits per heavy atom. The number of phenolic OH excluding ortho intramolecular Hbond substituents is 2. The minimum atomic E-state index is -0.159. The number of Topliss-reactive ketones (excluding diaryl/α,β-unsaturated/α-hetero) is 1. The van der Waals surface area contributed by atoms with E-state index in [-0.39, 0.29) is 29.4 Å². The van der Waals surface area contributed by atoms with Gasteiger partial charge in [-0.15, -0.1) is 0 Å². The summed E-state index contributed by atoms with van der Waals surface area (Å²) >= 11 is 0. The molecule has 18 heavy (non-hydrogen) atoms. The smallest absolute Gasteiger partial charge is 0.180 e. The molecule has 0 aromatic heterocycles. The van der Waals surface area contributed by atoms with E-state index in [1.54, 1.807) is 0 Å². The number of benzene rings is 1. The van der Waals surface area contributed by atoms with Gasteiger partial charge in [-0.2, -0.15) is 0 Å². The summed E-state index contributed by atoms with van der Waals surface area (Å²) in [6, 6.07) is 4.02. The van der Waals surface area contributed by atoms with Gasteiger partial charge in [0.2, 0.25) is 0 Å². The lowest BCUT2D eigenvalue weighted by Crippen LogP contribution is -2.46. The molecule has 1 fully saturated rings. The van der Waals surface area contributed by atoms with Crippen molar-refractivity contribution < 1.29 is 15.0 Å². The molecule has 1 saturated heterocycles. The van der Waals surface area contributed by atoms with Crippen LogP contribution in [0.25, 0.3) is 0 Å². The number of ketones is 1. The van der Waals surface area contributed by atoms with E-state index in [9.17, 15) is 15.0 Å². The maximum Gasteiger partial charge on any atom is 0.180 e. The largest absolute Gasteiger partial charge is 0.508 e. The number of carbonyl (C=O) groups is 1. The summed E-state index contributed by atoms with van der Waals surface area (Å²) in [6.45, 7) is 3.87. The molecule has 0 unspecified atom stereocenters. The first-order valence-electron chi connectivity index (χ1n) is 6.02. The van der Waals surface area contributed by atoms with Crippen LogP contribution in [0, 0.1) is 0 Å². The lowest BCUT2D eigenvalue weighted by atomic mass is 10.1. The van der Waals surface area contributed by atoms with Crippen molar-refractivity contribution in [2.45, 2.75) is 0 Å². The van der Waals surface area contributed by atoms with Crippen molar-refractivity contribution >= 4 is 5.78 Å². The number of carbonyl (C=O) groups excluding carboxylic acids is 1. The summed E-state index contributed by atoms with van der Waals surface area (Å²) in [7, 11) is 2.06. The Hall–Kier alpha value is -1.59. The predicted molar refractivity (Wildman–Crippen MR) is 68.0 cm³/mol. The van der Waals surface area contributed by atoms with Crippen LogP contribution in [0.3, 0.4) is 0 Å². The fraction of sp³-hybridized carbons (Fsp3) is 0.462. The van der Waals surface area contributed by atoms with Crippen molar-refractivity contribution in [1.29, 1.82) is 0 Å². The molecule has 0 aliphatic carbocycles. The Kier molecular flexibility index (Phi) is 3.84. The number of hydrogen-bond acceptors (Lipinski definition) is 5. The highest BCUT2D eigenvalue weighted by atomic mass is 16.3.